The number of para-hydroxylation sites is 2. The van der Waals surface area contributed by atoms with Crippen LogP contribution in [0.25, 0.3) is 0 Å². The molecule has 4 nitrogen and oxygen atoms in total. The predicted octanol–water partition coefficient (Wildman–Crippen LogP) is 5.50. The third-order valence-electron chi connectivity index (χ3n) is 5.47. The fraction of sp³-hybridized carbons (Fsp3) is 0.333. The molecule has 0 radical (unpaired) electrons. The summed E-state index contributed by atoms with van der Waals surface area (Å²) in [6.45, 7) is 7.02. The molecule has 0 aromatic heterocycles. The average molecular weight is 418 g/mol. The number of rotatable bonds is 9. The molecule has 0 spiro atoms. The van der Waals surface area contributed by atoms with Gasteiger partial charge in [0.15, 0.2) is 6.10 Å². The zero-order chi connectivity index (χ0) is 21.5. The van der Waals surface area contributed by atoms with E-state index in [2.05, 4.69) is 66.4 Å². The molecule has 2 unspecified atom stereocenters. The third-order valence-corrected chi connectivity index (χ3v) is 5.47. The number of hydrogen-bond donors (Lipinski definition) is 0. The zero-order valence-electron chi connectivity index (χ0n) is 18.4. The molecule has 1 aliphatic rings. The van der Waals surface area contributed by atoms with Crippen LogP contribution < -0.4 is 14.4 Å². The molecule has 4 rings (SSSR count). The molecule has 0 fully saturated rings. The summed E-state index contributed by atoms with van der Waals surface area (Å²) in [5.74, 6) is 1.78. The maximum Gasteiger partial charge on any atom is 0.150 e. The summed E-state index contributed by atoms with van der Waals surface area (Å²) in [4.78, 5) is 2.38. The molecule has 0 saturated heterocycles. The second-order valence-corrected chi connectivity index (χ2v) is 8.00. The molecule has 1 heterocycles. The number of hydrogen-bond acceptors (Lipinski definition) is 4. The molecule has 0 N–H and O–H groups in total. The van der Waals surface area contributed by atoms with Crippen LogP contribution >= 0.6 is 0 Å². The summed E-state index contributed by atoms with van der Waals surface area (Å²) < 4.78 is 18.0. The van der Waals surface area contributed by atoms with Crippen molar-refractivity contribution < 1.29 is 14.2 Å². The lowest BCUT2D eigenvalue weighted by Crippen LogP contribution is -2.42. The molecular formula is C27H31NO3. The topological polar surface area (TPSA) is 30.9 Å². The molecular weight excluding hydrogens is 386 g/mol. The molecule has 0 saturated carbocycles. The Morgan fingerprint density at radius 2 is 1.68 bits per heavy atom. The van der Waals surface area contributed by atoms with Crippen molar-refractivity contribution in [2.45, 2.75) is 39.0 Å². The SMILES string of the molecule is CCOC(C)Cc1ccc(OCC2CN(Cc3ccccc3)c3ccccc3O2)cc1. The van der Waals surface area contributed by atoms with Crippen LogP contribution in [0.2, 0.25) is 0 Å². The Labute approximate surface area is 185 Å². The second kappa shape index (κ2) is 10.4. The zero-order valence-corrected chi connectivity index (χ0v) is 18.4. The maximum atomic E-state index is 6.24. The van der Waals surface area contributed by atoms with Gasteiger partial charge in [-0.1, -0.05) is 54.6 Å². The molecule has 3 aromatic rings. The van der Waals surface area contributed by atoms with Crippen molar-refractivity contribution in [1.29, 1.82) is 0 Å². The van der Waals surface area contributed by atoms with E-state index < -0.39 is 0 Å². The predicted molar refractivity (Wildman–Crippen MR) is 125 cm³/mol. The van der Waals surface area contributed by atoms with E-state index in [0.29, 0.717) is 6.61 Å². The van der Waals surface area contributed by atoms with Gasteiger partial charge >= 0.3 is 0 Å². The Bertz CT molecular complexity index is 942. The van der Waals surface area contributed by atoms with E-state index in [4.69, 9.17) is 14.2 Å². The van der Waals surface area contributed by atoms with Gasteiger partial charge in [0.1, 0.15) is 18.1 Å². The van der Waals surface area contributed by atoms with Crippen LogP contribution in [0.1, 0.15) is 25.0 Å². The highest BCUT2D eigenvalue weighted by atomic mass is 16.5. The van der Waals surface area contributed by atoms with Gasteiger partial charge in [0.05, 0.1) is 18.3 Å². The van der Waals surface area contributed by atoms with Crippen LogP contribution in [0.4, 0.5) is 5.69 Å². The van der Waals surface area contributed by atoms with Crippen LogP contribution in [0.3, 0.4) is 0 Å². The molecule has 2 atom stereocenters. The Morgan fingerprint density at radius 1 is 0.935 bits per heavy atom. The first-order valence-electron chi connectivity index (χ1n) is 11.1. The van der Waals surface area contributed by atoms with Gasteiger partial charge in [-0.05, 0) is 55.7 Å². The second-order valence-electron chi connectivity index (χ2n) is 8.00. The van der Waals surface area contributed by atoms with Crippen molar-refractivity contribution in [2.75, 3.05) is 24.7 Å². The molecule has 0 aliphatic carbocycles. The van der Waals surface area contributed by atoms with Crippen molar-refractivity contribution in [3.8, 4) is 11.5 Å². The fourth-order valence-electron chi connectivity index (χ4n) is 4.01. The summed E-state index contributed by atoms with van der Waals surface area (Å²) >= 11 is 0. The lowest BCUT2D eigenvalue weighted by Gasteiger charge is -2.36. The summed E-state index contributed by atoms with van der Waals surface area (Å²) in [5, 5.41) is 0. The van der Waals surface area contributed by atoms with Crippen LogP contribution in [0.5, 0.6) is 11.5 Å². The van der Waals surface area contributed by atoms with Gasteiger partial charge in [-0.3, -0.25) is 0 Å². The Morgan fingerprint density at radius 3 is 2.45 bits per heavy atom. The molecule has 0 bridgehead atoms. The molecule has 31 heavy (non-hydrogen) atoms. The molecule has 0 amide bonds. The monoisotopic (exact) mass is 417 g/mol. The largest absolute Gasteiger partial charge is 0.490 e. The first kappa shape index (κ1) is 21.3. The first-order chi connectivity index (χ1) is 15.2. The number of fused-ring (bicyclic) bond motifs is 1. The molecule has 162 valence electrons. The van der Waals surface area contributed by atoms with Gasteiger partial charge in [-0.15, -0.1) is 0 Å². The van der Waals surface area contributed by atoms with Gasteiger partial charge in [0, 0.05) is 13.2 Å². The number of nitrogens with zero attached hydrogens (tertiary/aromatic N) is 1. The van der Waals surface area contributed by atoms with E-state index in [0.717, 1.165) is 43.3 Å². The minimum atomic E-state index is -0.0312. The maximum absolute atomic E-state index is 6.24. The van der Waals surface area contributed by atoms with E-state index in [1.165, 1.54) is 11.1 Å². The Hall–Kier alpha value is -2.98. The quantitative estimate of drug-likeness (QED) is 0.460. The van der Waals surface area contributed by atoms with Crippen LogP contribution in [0.15, 0.2) is 78.9 Å². The highest BCUT2D eigenvalue weighted by molar-refractivity contribution is 5.60. The van der Waals surface area contributed by atoms with E-state index in [-0.39, 0.29) is 12.2 Å². The Balaban J connectivity index is 1.37. The third kappa shape index (κ3) is 5.80. The number of anilines is 1. The van der Waals surface area contributed by atoms with E-state index >= 15 is 0 Å². The molecule has 4 heteroatoms. The van der Waals surface area contributed by atoms with Crippen LogP contribution in [-0.2, 0) is 17.7 Å². The van der Waals surface area contributed by atoms with Gasteiger partial charge < -0.3 is 19.1 Å². The minimum Gasteiger partial charge on any atom is -0.490 e. The van der Waals surface area contributed by atoms with Crippen molar-refractivity contribution in [1.82, 2.24) is 0 Å². The van der Waals surface area contributed by atoms with Gasteiger partial charge in [-0.25, -0.2) is 0 Å². The summed E-state index contributed by atoms with van der Waals surface area (Å²) in [6, 6.07) is 27.1. The van der Waals surface area contributed by atoms with Gasteiger partial charge in [0.2, 0.25) is 0 Å². The van der Waals surface area contributed by atoms with Crippen molar-refractivity contribution in [3.05, 3.63) is 90.0 Å². The minimum absolute atomic E-state index is 0.0312. The van der Waals surface area contributed by atoms with Crippen molar-refractivity contribution >= 4 is 5.69 Å². The fourth-order valence-corrected chi connectivity index (χ4v) is 4.01. The van der Waals surface area contributed by atoms with Crippen LogP contribution in [0, 0.1) is 0 Å². The Kier molecular flexibility index (Phi) is 7.11. The lowest BCUT2D eigenvalue weighted by atomic mass is 10.1. The summed E-state index contributed by atoms with van der Waals surface area (Å²) in [5.41, 5.74) is 3.68. The van der Waals surface area contributed by atoms with Crippen molar-refractivity contribution in [2.24, 2.45) is 0 Å². The van der Waals surface area contributed by atoms with Gasteiger partial charge in [-0.2, -0.15) is 0 Å². The summed E-state index contributed by atoms with van der Waals surface area (Å²) in [6.07, 6.45) is 1.10. The van der Waals surface area contributed by atoms with E-state index in [9.17, 15) is 0 Å². The molecule has 1 aliphatic heterocycles. The highest BCUT2D eigenvalue weighted by Crippen LogP contribution is 2.34. The first-order valence-corrected chi connectivity index (χ1v) is 11.1. The standard InChI is InChI=1S/C27H31NO3/c1-3-29-21(2)17-22-13-15-24(16-14-22)30-20-25-19-28(18-23-9-5-4-6-10-23)26-11-7-8-12-27(26)31-25/h4-16,21,25H,3,17-20H2,1-2H3. The average Bonchev–Trinajstić information content (AvgIpc) is 2.79. The highest BCUT2D eigenvalue weighted by Gasteiger charge is 2.26. The van der Waals surface area contributed by atoms with Crippen molar-refractivity contribution in [3.63, 3.8) is 0 Å². The van der Waals surface area contributed by atoms with Crippen LogP contribution in [-0.4, -0.2) is 32.0 Å². The normalized spacial score (nSPS) is 16.3. The lowest BCUT2D eigenvalue weighted by molar-refractivity contribution is 0.0768. The van der Waals surface area contributed by atoms with Gasteiger partial charge in [0.25, 0.3) is 0 Å². The number of benzene rings is 3. The smallest absolute Gasteiger partial charge is 0.150 e. The van der Waals surface area contributed by atoms with E-state index in [1.807, 2.05) is 31.2 Å². The summed E-state index contributed by atoms with van der Waals surface area (Å²) in [7, 11) is 0. The number of ether oxygens (including phenoxy) is 3. The van der Waals surface area contributed by atoms with E-state index in [1.54, 1.807) is 0 Å². The molecule has 3 aromatic carbocycles.